The van der Waals surface area contributed by atoms with E-state index in [0.717, 1.165) is 56.6 Å². The maximum absolute atomic E-state index is 13.7. The summed E-state index contributed by atoms with van der Waals surface area (Å²) in [6.07, 6.45) is 24.6. The van der Waals surface area contributed by atoms with Gasteiger partial charge in [-0.15, -0.1) is 6.58 Å². The van der Waals surface area contributed by atoms with E-state index in [0.29, 0.717) is 31.7 Å². The van der Waals surface area contributed by atoms with Crippen LogP contribution in [0.3, 0.4) is 0 Å². The molecule has 0 aromatic heterocycles. The van der Waals surface area contributed by atoms with Gasteiger partial charge in [-0.2, -0.15) is 0 Å². The summed E-state index contributed by atoms with van der Waals surface area (Å²) >= 11 is 0. The molecule has 264 valence electrons. The fourth-order valence-corrected chi connectivity index (χ4v) is 6.12. The Morgan fingerprint density at radius 3 is 2.15 bits per heavy atom. The van der Waals surface area contributed by atoms with E-state index in [1.807, 2.05) is 106 Å². The second-order valence-corrected chi connectivity index (χ2v) is 12.2. The van der Waals surface area contributed by atoms with E-state index >= 15 is 0 Å². The van der Waals surface area contributed by atoms with E-state index in [9.17, 15) is 9.59 Å². The number of rotatable bonds is 10. The monoisotopic (exact) mass is 657 g/mol. The molecule has 2 fully saturated rings. The predicted octanol–water partition coefficient (Wildman–Crippen LogP) is 8.96. The summed E-state index contributed by atoms with van der Waals surface area (Å²) in [5.74, 6) is 0.185. The Labute approximate surface area is 293 Å². The zero-order valence-corrected chi connectivity index (χ0v) is 31.1. The molecule has 0 unspecified atom stereocenters. The lowest BCUT2D eigenvalue weighted by Gasteiger charge is -2.33. The third-order valence-electron chi connectivity index (χ3n) is 8.74. The van der Waals surface area contributed by atoms with E-state index in [4.69, 9.17) is 0 Å². The number of likely N-dealkylation sites (tertiary alicyclic amines) is 1. The van der Waals surface area contributed by atoms with Crippen molar-refractivity contribution >= 4 is 11.8 Å². The first-order chi connectivity index (χ1) is 23.5. The van der Waals surface area contributed by atoms with E-state index in [2.05, 4.69) is 34.6 Å². The summed E-state index contributed by atoms with van der Waals surface area (Å²) in [6, 6.07) is 7.81. The molecule has 1 aromatic rings. The van der Waals surface area contributed by atoms with E-state index < -0.39 is 0 Å². The molecule has 1 aliphatic carbocycles. The SMILES string of the molecule is C/C=C/C.C=CCCN1CC(=O)N(Cc2ccc(C(=O)N3CC=CC3)cc2)C2=CC(CCCN3CCCCC3)=CC=C(C2)C1.CC.CC. The van der Waals surface area contributed by atoms with Gasteiger partial charge in [0.2, 0.25) is 5.91 Å². The van der Waals surface area contributed by atoms with Gasteiger partial charge in [0.15, 0.2) is 0 Å². The van der Waals surface area contributed by atoms with Crippen LogP contribution in [0.15, 0.2) is 96.3 Å². The number of allylic oxidation sites excluding steroid dienone is 7. The molecule has 3 aliphatic heterocycles. The van der Waals surface area contributed by atoms with Crippen molar-refractivity contribution in [3.63, 3.8) is 0 Å². The predicted molar refractivity (Wildman–Crippen MR) is 205 cm³/mol. The van der Waals surface area contributed by atoms with Gasteiger partial charge in [0.05, 0.1) is 13.1 Å². The zero-order valence-electron chi connectivity index (χ0n) is 31.1. The second kappa shape index (κ2) is 23.8. The number of piperidine rings is 1. The standard InChI is InChI=1S/C34H44N4O2.C4H8.2C2H6/c1-2-3-17-36-25-30-12-11-28(10-9-20-35-18-5-4-6-19-35)23-32(24-30)38(33(39)27-36)26-29-13-15-31(16-14-29)34(40)37-21-7-8-22-37;1-3-4-2;2*1-2/h2,7-8,11-16,23H,1,3-6,9-10,17-22,24-27H2;3-4H,1-2H3;2*1-2H3/b;4-3+;;. The summed E-state index contributed by atoms with van der Waals surface area (Å²) in [5, 5.41) is 0. The summed E-state index contributed by atoms with van der Waals surface area (Å²) in [6.45, 7) is 23.4. The molecule has 48 heavy (non-hydrogen) atoms. The molecule has 4 aliphatic rings. The number of carbonyl (C=O) groups excluding carboxylic acids is 2. The van der Waals surface area contributed by atoms with Crippen LogP contribution in [-0.2, 0) is 11.3 Å². The number of hydrogen-bond donors (Lipinski definition) is 0. The largest absolute Gasteiger partial charge is 0.331 e. The molecule has 0 radical (unpaired) electrons. The van der Waals surface area contributed by atoms with Crippen molar-refractivity contribution in [2.45, 2.75) is 93.0 Å². The molecular weight excluding hydrogens is 592 g/mol. The fourth-order valence-electron chi connectivity index (χ4n) is 6.12. The van der Waals surface area contributed by atoms with Crippen LogP contribution in [0.4, 0.5) is 0 Å². The lowest BCUT2D eigenvalue weighted by atomic mass is 10.0. The Morgan fingerprint density at radius 2 is 1.52 bits per heavy atom. The van der Waals surface area contributed by atoms with Gasteiger partial charge in [-0.25, -0.2) is 0 Å². The minimum absolute atomic E-state index is 0.0531. The number of amides is 2. The van der Waals surface area contributed by atoms with Crippen molar-refractivity contribution in [2.75, 3.05) is 52.4 Å². The molecule has 3 heterocycles. The molecule has 0 atom stereocenters. The minimum atomic E-state index is 0.0531. The topological polar surface area (TPSA) is 47.1 Å². The Bertz CT molecular complexity index is 1250. The van der Waals surface area contributed by atoms with Gasteiger partial charge >= 0.3 is 0 Å². The Morgan fingerprint density at radius 1 is 0.854 bits per heavy atom. The summed E-state index contributed by atoms with van der Waals surface area (Å²) < 4.78 is 0. The van der Waals surface area contributed by atoms with Gasteiger partial charge in [-0.05, 0) is 94.9 Å². The lowest BCUT2D eigenvalue weighted by molar-refractivity contribution is -0.131. The highest BCUT2D eigenvalue weighted by molar-refractivity contribution is 5.94. The third-order valence-corrected chi connectivity index (χ3v) is 8.74. The van der Waals surface area contributed by atoms with Gasteiger partial charge in [0, 0.05) is 43.9 Å². The van der Waals surface area contributed by atoms with E-state index in [1.54, 1.807) is 0 Å². The zero-order chi connectivity index (χ0) is 35.1. The van der Waals surface area contributed by atoms with Crippen molar-refractivity contribution in [3.8, 4) is 0 Å². The minimum Gasteiger partial charge on any atom is -0.331 e. The van der Waals surface area contributed by atoms with Crippen LogP contribution >= 0.6 is 0 Å². The van der Waals surface area contributed by atoms with E-state index in [1.165, 1.54) is 43.5 Å². The van der Waals surface area contributed by atoms with Crippen LogP contribution in [0.1, 0.15) is 102 Å². The fraction of sp³-hybridized carbons (Fsp3) is 0.524. The summed E-state index contributed by atoms with van der Waals surface area (Å²) in [5.41, 5.74) is 5.47. The summed E-state index contributed by atoms with van der Waals surface area (Å²) in [7, 11) is 0. The van der Waals surface area contributed by atoms with Gasteiger partial charge < -0.3 is 14.7 Å². The Hall–Kier alpha value is -3.48. The number of fused-ring (bicyclic) bond motifs is 2. The number of benzene rings is 1. The van der Waals surface area contributed by atoms with Gasteiger partial charge in [0.25, 0.3) is 5.91 Å². The van der Waals surface area contributed by atoms with Crippen LogP contribution < -0.4 is 0 Å². The molecule has 1 aromatic carbocycles. The van der Waals surface area contributed by atoms with Crippen LogP contribution in [0, 0.1) is 0 Å². The lowest BCUT2D eigenvalue weighted by Crippen LogP contribution is -2.43. The Kier molecular flexibility index (Phi) is 20.2. The molecule has 2 amide bonds. The second-order valence-electron chi connectivity index (χ2n) is 12.2. The molecule has 2 saturated heterocycles. The highest BCUT2D eigenvalue weighted by atomic mass is 16.2. The molecule has 0 N–H and O–H groups in total. The molecule has 5 rings (SSSR count). The highest BCUT2D eigenvalue weighted by Crippen LogP contribution is 2.28. The van der Waals surface area contributed by atoms with Crippen molar-refractivity contribution in [1.82, 2.24) is 19.6 Å². The number of hydrogen-bond acceptors (Lipinski definition) is 4. The number of nitrogens with zero attached hydrogens (tertiary/aromatic N) is 4. The first-order valence-electron chi connectivity index (χ1n) is 18.6. The van der Waals surface area contributed by atoms with Crippen LogP contribution in [0.2, 0.25) is 0 Å². The molecular formula is C42H64N4O2. The van der Waals surface area contributed by atoms with Crippen LogP contribution in [-0.4, -0.2) is 83.8 Å². The van der Waals surface area contributed by atoms with Gasteiger partial charge in [-0.1, -0.05) is 94.4 Å². The normalized spacial score (nSPS) is 18.0. The average molecular weight is 657 g/mol. The van der Waals surface area contributed by atoms with Crippen molar-refractivity contribution in [1.29, 1.82) is 0 Å². The molecule has 0 spiro atoms. The van der Waals surface area contributed by atoms with Gasteiger partial charge in [-0.3, -0.25) is 14.5 Å². The average Bonchev–Trinajstić information content (AvgIpc) is 3.60. The Balaban J connectivity index is 0.000000917. The van der Waals surface area contributed by atoms with Gasteiger partial charge in [0.1, 0.15) is 0 Å². The van der Waals surface area contributed by atoms with Crippen molar-refractivity contribution in [3.05, 3.63) is 107 Å². The van der Waals surface area contributed by atoms with Crippen molar-refractivity contribution < 1.29 is 9.59 Å². The maximum Gasteiger partial charge on any atom is 0.254 e. The maximum atomic E-state index is 13.7. The smallest absolute Gasteiger partial charge is 0.254 e. The summed E-state index contributed by atoms with van der Waals surface area (Å²) in [4.78, 5) is 35.2. The highest BCUT2D eigenvalue weighted by Gasteiger charge is 2.27. The molecule has 2 bridgehead atoms. The van der Waals surface area contributed by atoms with Crippen molar-refractivity contribution in [2.24, 2.45) is 0 Å². The van der Waals surface area contributed by atoms with Crippen LogP contribution in [0.5, 0.6) is 0 Å². The molecule has 0 saturated carbocycles. The number of carbonyl (C=O) groups is 2. The van der Waals surface area contributed by atoms with Crippen LogP contribution in [0.25, 0.3) is 0 Å². The molecule has 6 nitrogen and oxygen atoms in total. The first kappa shape index (κ1) is 40.7. The molecule has 6 heteroatoms. The third kappa shape index (κ3) is 13.6. The quantitative estimate of drug-likeness (QED) is 0.236. The first-order valence-corrected chi connectivity index (χ1v) is 18.6. The van der Waals surface area contributed by atoms with E-state index in [-0.39, 0.29) is 11.8 Å².